The third-order valence-electron chi connectivity index (χ3n) is 4.99. The van der Waals surface area contributed by atoms with Crippen molar-refractivity contribution in [1.29, 1.82) is 0 Å². The summed E-state index contributed by atoms with van der Waals surface area (Å²) in [6.07, 6.45) is 2.77. The number of nitrogens with zero attached hydrogens (tertiary/aromatic N) is 3. The number of amides is 1. The second kappa shape index (κ2) is 9.82. The van der Waals surface area contributed by atoms with Gasteiger partial charge in [-0.3, -0.25) is 4.79 Å². The summed E-state index contributed by atoms with van der Waals surface area (Å²) in [7, 11) is 1.81. The van der Waals surface area contributed by atoms with Crippen molar-refractivity contribution >= 4 is 63.2 Å². The lowest BCUT2D eigenvalue weighted by molar-refractivity contribution is -0.113. The van der Waals surface area contributed by atoms with E-state index in [1.165, 1.54) is 23.1 Å². The fourth-order valence-electron chi connectivity index (χ4n) is 3.55. The monoisotopic (exact) mass is 510 g/mol. The maximum absolute atomic E-state index is 12.7. The van der Waals surface area contributed by atoms with Gasteiger partial charge >= 0.3 is 5.97 Å². The van der Waals surface area contributed by atoms with E-state index >= 15 is 0 Å². The highest BCUT2D eigenvalue weighted by Crippen LogP contribution is 2.39. The molecule has 11 heteroatoms. The van der Waals surface area contributed by atoms with Crippen LogP contribution in [0.3, 0.4) is 0 Å². The van der Waals surface area contributed by atoms with Gasteiger partial charge in [0.15, 0.2) is 11.0 Å². The molecule has 0 aliphatic heterocycles. The number of hydrogen-bond acceptors (Lipinski definition) is 7. The number of hydrogen-bond donors (Lipinski definition) is 1. The Kier molecular flexibility index (Phi) is 7.09. The molecule has 0 unspecified atom stereocenters. The summed E-state index contributed by atoms with van der Waals surface area (Å²) in [6, 6.07) is 5.16. The van der Waals surface area contributed by atoms with Gasteiger partial charge in [0, 0.05) is 22.5 Å². The van der Waals surface area contributed by atoms with E-state index in [9.17, 15) is 9.59 Å². The normalized spacial score (nSPS) is 12.6. The van der Waals surface area contributed by atoms with Crippen molar-refractivity contribution in [2.45, 2.75) is 31.3 Å². The molecule has 0 atom stereocenters. The number of aryl methyl sites for hydroxylation is 1. The van der Waals surface area contributed by atoms with E-state index in [1.807, 2.05) is 7.05 Å². The maximum Gasteiger partial charge on any atom is 0.341 e. The number of rotatable bonds is 7. The Balaban J connectivity index is 1.46. The van der Waals surface area contributed by atoms with Crippen molar-refractivity contribution in [2.75, 3.05) is 17.7 Å². The molecule has 1 aromatic carbocycles. The summed E-state index contributed by atoms with van der Waals surface area (Å²) >= 11 is 15.0. The number of ether oxygens (including phenoxy) is 1. The van der Waals surface area contributed by atoms with E-state index in [1.54, 1.807) is 29.7 Å². The molecule has 1 aliphatic carbocycles. The molecule has 0 bridgehead atoms. The van der Waals surface area contributed by atoms with Crippen LogP contribution >= 0.6 is 46.3 Å². The highest BCUT2D eigenvalue weighted by molar-refractivity contribution is 7.99. The molecule has 0 saturated carbocycles. The van der Waals surface area contributed by atoms with Gasteiger partial charge in [0.1, 0.15) is 5.00 Å². The Bertz CT molecular complexity index is 1190. The van der Waals surface area contributed by atoms with Crippen LogP contribution in [0.2, 0.25) is 10.0 Å². The van der Waals surface area contributed by atoms with E-state index < -0.39 is 0 Å². The number of esters is 1. The van der Waals surface area contributed by atoms with Crippen LogP contribution < -0.4 is 5.32 Å². The quantitative estimate of drug-likeness (QED) is 0.345. The van der Waals surface area contributed by atoms with E-state index in [0.717, 1.165) is 29.7 Å². The average Bonchev–Trinajstić information content (AvgIpc) is 3.41. The Labute approximate surface area is 203 Å². The zero-order valence-corrected chi connectivity index (χ0v) is 20.6. The molecule has 2 aromatic heterocycles. The Morgan fingerprint density at radius 1 is 1.28 bits per heavy atom. The third kappa shape index (κ3) is 4.66. The molecule has 3 aromatic rings. The van der Waals surface area contributed by atoms with Gasteiger partial charge in [0.25, 0.3) is 0 Å². The third-order valence-corrected chi connectivity index (χ3v) is 7.77. The summed E-state index contributed by atoms with van der Waals surface area (Å²) < 4.78 is 6.99. The van der Waals surface area contributed by atoms with Crippen LogP contribution in [0.25, 0.3) is 11.4 Å². The molecule has 1 aliphatic rings. The van der Waals surface area contributed by atoms with Gasteiger partial charge in [0.2, 0.25) is 5.91 Å². The van der Waals surface area contributed by atoms with Gasteiger partial charge in [-0.15, -0.1) is 21.5 Å². The largest absolute Gasteiger partial charge is 0.462 e. The van der Waals surface area contributed by atoms with Crippen LogP contribution in [-0.2, 0) is 29.4 Å². The van der Waals surface area contributed by atoms with Crippen molar-refractivity contribution in [1.82, 2.24) is 14.8 Å². The van der Waals surface area contributed by atoms with E-state index in [2.05, 4.69) is 15.5 Å². The maximum atomic E-state index is 12.7. The first-order chi connectivity index (χ1) is 15.4. The summed E-state index contributed by atoms with van der Waals surface area (Å²) in [5.41, 5.74) is 2.21. The number of thioether (sulfide) groups is 1. The van der Waals surface area contributed by atoms with Crippen molar-refractivity contribution in [2.24, 2.45) is 7.05 Å². The smallest absolute Gasteiger partial charge is 0.341 e. The zero-order chi connectivity index (χ0) is 22.8. The predicted molar refractivity (Wildman–Crippen MR) is 128 cm³/mol. The Hall–Kier alpha value is -2.07. The molecule has 168 valence electrons. The van der Waals surface area contributed by atoms with Crippen LogP contribution in [0.4, 0.5) is 5.00 Å². The number of carbonyl (C=O) groups is 2. The molecule has 0 fully saturated rings. The SMILES string of the molecule is CCOC(=O)c1c(NC(=O)CSc2nnc(-c3ccc(Cl)cc3Cl)n2C)sc2c1CCC2. The van der Waals surface area contributed by atoms with E-state index in [0.29, 0.717) is 43.8 Å². The topological polar surface area (TPSA) is 86.1 Å². The number of benzene rings is 1. The molecule has 1 amide bonds. The molecule has 0 radical (unpaired) electrons. The first-order valence-electron chi connectivity index (χ1n) is 9.98. The van der Waals surface area contributed by atoms with Gasteiger partial charge < -0.3 is 14.6 Å². The van der Waals surface area contributed by atoms with Crippen LogP contribution in [-0.4, -0.2) is 39.0 Å². The molecule has 2 heterocycles. The van der Waals surface area contributed by atoms with Crippen LogP contribution in [0.1, 0.15) is 34.1 Å². The van der Waals surface area contributed by atoms with Crippen molar-refractivity contribution in [3.05, 3.63) is 44.2 Å². The van der Waals surface area contributed by atoms with Gasteiger partial charge in [-0.05, 0) is 49.9 Å². The molecule has 0 spiro atoms. The minimum Gasteiger partial charge on any atom is -0.462 e. The Morgan fingerprint density at radius 2 is 2.09 bits per heavy atom. The summed E-state index contributed by atoms with van der Waals surface area (Å²) in [5.74, 6) is 0.0848. The van der Waals surface area contributed by atoms with Gasteiger partial charge in [-0.25, -0.2) is 4.79 Å². The van der Waals surface area contributed by atoms with Crippen LogP contribution in [0, 0.1) is 0 Å². The molecular weight excluding hydrogens is 491 g/mol. The minimum atomic E-state index is -0.382. The number of thiophene rings is 1. The molecular formula is C21H20Cl2N4O3S2. The fourth-order valence-corrected chi connectivity index (χ4v) is 6.05. The molecule has 4 rings (SSSR count). The molecule has 32 heavy (non-hydrogen) atoms. The first-order valence-corrected chi connectivity index (χ1v) is 12.5. The number of anilines is 1. The van der Waals surface area contributed by atoms with E-state index in [4.69, 9.17) is 27.9 Å². The van der Waals surface area contributed by atoms with Crippen LogP contribution in [0.5, 0.6) is 0 Å². The highest BCUT2D eigenvalue weighted by Gasteiger charge is 2.28. The lowest BCUT2D eigenvalue weighted by atomic mass is 10.1. The van der Waals surface area contributed by atoms with Gasteiger partial charge in [-0.2, -0.15) is 0 Å². The second-order valence-corrected chi connectivity index (χ2v) is 10.00. The average molecular weight is 511 g/mol. The summed E-state index contributed by atoms with van der Waals surface area (Å²) in [5, 5.41) is 13.4. The van der Waals surface area contributed by atoms with Gasteiger partial charge in [0.05, 0.1) is 22.9 Å². The minimum absolute atomic E-state index is 0.116. The number of nitrogens with one attached hydrogen (secondary N) is 1. The highest BCUT2D eigenvalue weighted by atomic mass is 35.5. The van der Waals surface area contributed by atoms with Crippen molar-refractivity contribution in [3.63, 3.8) is 0 Å². The molecule has 1 N–H and O–H groups in total. The lowest BCUT2D eigenvalue weighted by Gasteiger charge is -2.08. The number of fused-ring (bicyclic) bond motifs is 1. The van der Waals surface area contributed by atoms with Gasteiger partial charge in [-0.1, -0.05) is 35.0 Å². The molecule has 0 saturated heterocycles. The number of carbonyl (C=O) groups excluding carboxylic acids is 2. The van der Waals surface area contributed by atoms with E-state index in [-0.39, 0.29) is 17.6 Å². The Morgan fingerprint density at radius 3 is 2.84 bits per heavy atom. The van der Waals surface area contributed by atoms with Crippen LogP contribution in [0.15, 0.2) is 23.4 Å². The lowest BCUT2D eigenvalue weighted by Crippen LogP contribution is -2.17. The molecule has 7 nitrogen and oxygen atoms in total. The fraction of sp³-hybridized carbons (Fsp3) is 0.333. The number of halogens is 2. The summed E-state index contributed by atoms with van der Waals surface area (Å²) in [6.45, 7) is 2.06. The predicted octanol–water partition coefficient (Wildman–Crippen LogP) is 5.25. The van der Waals surface area contributed by atoms with Crippen molar-refractivity contribution in [3.8, 4) is 11.4 Å². The first kappa shape index (κ1) is 23.1. The summed E-state index contributed by atoms with van der Waals surface area (Å²) in [4.78, 5) is 26.3. The second-order valence-electron chi connectivity index (χ2n) is 7.11. The number of aromatic nitrogens is 3. The van der Waals surface area contributed by atoms with Crippen molar-refractivity contribution < 1.29 is 14.3 Å². The standard InChI is InChI=1S/C21H20Cl2N4O3S2/c1-3-30-20(29)17-13-5-4-6-15(13)32-19(17)24-16(28)10-31-21-26-25-18(27(21)2)12-8-7-11(22)9-14(12)23/h7-9H,3-6,10H2,1-2H3,(H,24,28). The zero-order valence-electron chi connectivity index (χ0n) is 17.4.